The number of Topliss-reactive ketones (excluding diaryl/α,β-unsaturated/α-hetero) is 1. The fourth-order valence-corrected chi connectivity index (χ4v) is 1.70. The Labute approximate surface area is 72.2 Å². The molecule has 0 aliphatic rings. The molecule has 0 aliphatic heterocycles. The number of alkyl halides is 1. The Balaban J connectivity index is 2.59. The lowest BCUT2D eigenvalue weighted by atomic mass is 10.3. The predicted molar refractivity (Wildman–Crippen MR) is 47.1 cm³/mol. The van der Waals surface area contributed by atoms with Crippen LogP contribution in [0.5, 0.6) is 0 Å². The maximum Gasteiger partial charge on any atom is 0.173 e. The molecule has 1 rings (SSSR count). The molecule has 0 unspecified atom stereocenters. The zero-order valence-corrected chi connectivity index (χ0v) is 7.74. The molecule has 1 heterocycles. The van der Waals surface area contributed by atoms with Crippen molar-refractivity contribution < 1.29 is 4.79 Å². The van der Waals surface area contributed by atoms with Gasteiger partial charge in [-0.1, -0.05) is 22.0 Å². The molecule has 0 saturated carbocycles. The van der Waals surface area contributed by atoms with Crippen LogP contribution in [-0.2, 0) is 0 Å². The van der Waals surface area contributed by atoms with E-state index in [4.69, 9.17) is 0 Å². The van der Waals surface area contributed by atoms with Gasteiger partial charge in [-0.3, -0.25) is 4.79 Å². The first-order valence-electron chi connectivity index (χ1n) is 2.97. The van der Waals surface area contributed by atoms with Gasteiger partial charge < -0.3 is 0 Å². The summed E-state index contributed by atoms with van der Waals surface area (Å²) in [5, 5.41) is 2.67. The van der Waals surface area contributed by atoms with Gasteiger partial charge in [-0.15, -0.1) is 11.3 Å². The summed E-state index contributed by atoms with van der Waals surface area (Å²) in [4.78, 5) is 11.9. The molecule has 0 atom stereocenters. The van der Waals surface area contributed by atoms with Gasteiger partial charge >= 0.3 is 0 Å². The zero-order chi connectivity index (χ0) is 7.40. The van der Waals surface area contributed by atoms with Crippen LogP contribution in [0.15, 0.2) is 17.5 Å². The van der Waals surface area contributed by atoms with Crippen molar-refractivity contribution in [2.75, 3.05) is 5.33 Å². The summed E-state index contributed by atoms with van der Waals surface area (Å²) in [5.41, 5.74) is 0. The van der Waals surface area contributed by atoms with E-state index in [0.717, 1.165) is 10.2 Å². The van der Waals surface area contributed by atoms with Gasteiger partial charge in [0, 0.05) is 11.8 Å². The standard InChI is InChI=1S/C7H7BrOS/c8-4-3-6(9)7-2-1-5-10-7/h1-2,5H,3-4H2. The Morgan fingerprint density at radius 1 is 1.70 bits per heavy atom. The molecule has 0 amide bonds. The van der Waals surface area contributed by atoms with Gasteiger partial charge in [0.25, 0.3) is 0 Å². The average molecular weight is 219 g/mol. The van der Waals surface area contributed by atoms with Gasteiger partial charge in [0.2, 0.25) is 0 Å². The third-order valence-corrected chi connectivity index (χ3v) is 2.42. The molecule has 0 aliphatic carbocycles. The summed E-state index contributed by atoms with van der Waals surface area (Å²) in [7, 11) is 0. The third kappa shape index (κ3) is 1.92. The second-order valence-corrected chi connectivity index (χ2v) is 3.58. The second kappa shape index (κ2) is 3.88. The van der Waals surface area contributed by atoms with Gasteiger partial charge in [0.15, 0.2) is 5.78 Å². The van der Waals surface area contributed by atoms with E-state index >= 15 is 0 Å². The van der Waals surface area contributed by atoms with Crippen LogP contribution in [0, 0.1) is 0 Å². The van der Waals surface area contributed by atoms with Crippen molar-refractivity contribution in [1.82, 2.24) is 0 Å². The van der Waals surface area contributed by atoms with Crippen LogP contribution >= 0.6 is 27.3 Å². The fourth-order valence-electron chi connectivity index (χ4n) is 0.646. The monoisotopic (exact) mass is 218 g/mol. The van der Waals surface area contributed by atoms with Crippen molar-refractivity contribution in [3.05, 3.63) is 22.4 Å². The van der Waals surface area contributed by atoms with Crippen molar-refractivity contribution in [3.63, 3.8) is 0 Å². The highest BCUT2D eigenvalue weighted by Crippen LogP contribution is 2.11. The first kappa shape index (κ1) is 7.95. The highest BCUT2D eigenvalue weighted by molar-refractivity contribution is 9.09. The number of hydrogen-bond donors (Lipinski definition) is 0. The van der Waals surface area contributed by atoms with Crippen molar-refractivity contribution >= 4 is 33.0 Å². The minimum absolute atomic E-state index is 0.229. The summed E-state index contributed by atoms with van der Waals surface area (Å²) in [6.45, 7) is 0. The van der Waals surface area contributed by atoms with E-state index in [-0.39, 0.29) is 5.78 Å². The van der Waals surface area contributed by atoms with E-state index in [2.05, 4.69) is 15.9 Å². The molecular weight excluding hydrogens is 212 g/mol. The number of carbonyl (C=O) groups excluding carboxylic acids is 1. The number of rotatable bonds is 3. The summed E-state index contributed by atoms with van der Waals surface area (Å²) < 4.78 is 0. The van der Waals surface area contributed by atoms with Gasteiger partial charge in [-0.05, 0) is 11.4 Å². The van der Waals surface area contributed by atoms with Gasteiger partial charge in [0.1, 0.15) is 0 Å². The lowest BCUT2D eigenvalue weighted by Crippen LogP contribution is -1.95. The van der Waals surface area contributed by atoms with Gasteiger partial charge in [-0.25, -0.2) is 0 Å². The summed E-state index contributed by atoms with van der Waals surface area (Å²) >= 11 is 4.72. The minimum Gasteiger partial charge on any atom is -0.293 e. The molecule has 0 aromatic carbocycles. The number of carbonyl (C=O) groups is 1. The van der Waals surface area contributed by atoms with E-state index in [1.165, 1.54) is 11.3 Å². The quantitative estimate of drug-likeness (QED) is 0.564. The Morgan fingerprint density at radius 2 is 2.50 bits per heavy atom. The molecule has 0 saturated heterocycles. The molecule has 0 fully saturated rings. The minimum atomic E-state index is 0.229. The van der Waals surface area contributed by atoms with E-state index < -0.39 is 0 Å². The normalized spacial score (nSPS) is 9.70. The Morgan fingerprint density at radius 3 is 3.00 bits per heavy atom. The molecule has 54 valence electrons. The van der Waals surface area contributed by atoms with Gasteiger partial charge in [-0.2, -0.15) is 0 Å². The van der Waals surface area contributed by atoms with E-state index in [1.807, 2.05) is 17.5 Å². The lowest BCUT2D eigenvalue weighted by molar-refractivity contribution is 0.0994. The second-order valence-electron chi connectivity index (χ2n) is 1.84. The first-order chi connectivity index (χ1) is 4.84. The zero-order valence-electron chi connectivity index (χ0n) is 5.34. The fraction of sp³-hybridized carbons (Fsp3) is 0.286. The molecule has 1 aromatic heterocycles. The molecule has 1 aromatic rings. The van der Waals surface area contributed by atoms with E-state index in [1.54, 1.807) is 0 Å². The lowest BCUT2D eigenvalue weighted by Gasteiger charge is -1.89. The third-order valence-electron chi connectivity index (χ3n) is 1.12. The smallest absolute Gasteiger partial charge is 0.173 e. The summed E-state index contributed by atoms with van der Waals surface area (Å²) in [6.07, 6.45) is 0.598. The number of ketones is 1. The van der Waals surface area contributed by atoms with Crippen LogP contribution in [0.1, 0.15) is 16.1 Å². The topological polar surface area (TPSA) is 17.1 Å². The van der Waals surface area contributed by atoms with Crippen LogP contribution in [0.25, 0.3) is 0 Å². The molecular formula is C7H7BrOS. The maximum absolute atomic E-state index is 11.1. The average Bonchev–Trinajstić information content (AvgIpc) is 2.38. The number of hydrogen-bond acceptors (Lipinski definition) is 2. The molecule has 0 N–H and O–H groups in total. The van der Waals surface area contributed by atoms with Gasteiger partial charge in [0.05, 0.1) is 4.88 Å². The molecule has 0 bridgehead atoms. The first-order valence-corrected chi connectivity index (χ1v) is 4.97. The summed E-state index contributed by atoms with van der Waals surface area (Å²) in [6, 6.07) is 3.75. The predicted octanol–water partition coefficient (Wildman–Crippen LogP) is 2.72. The largest absolute Gasteiger partial charge is 0.293 e. The van der Waals surface area contributed by atoms with E-state index in [9.17, 15) is 4.79 Å². The van der Waals surface area contributed by atoms with Crippen molar-refractivity contribution in [2.45, 2.75) is 6.42 Å². The summed E-state index contributed by atoms with van der Waals surface area (Å²) in [5.74, 6) is 0.229. The Kier molecular flexibility index (Phi) is 3.09. The number of thiophene rings is 1. The van der Waals surface area contributed by atoms with Crippen LogP contribution in [0.4, 0.5) is 0 Å². The maximum atomic E-state index is 11.1. The Hall–Kier alpha value is -0.150. The molecule has 10 heavy (non-hydrogen) atoms. The van der Waals surface area contributed by atoms with Crippen molar-refractivity contribution in [1.29, 1.82) is 0 Å². The van der Waals surface area contributed by atoms with E-state index in [0.29, 0.717) is 6.42 Å². The molecule has 0 radical (unpaired) electrons. The highest BCUT2D eigenvalue weighted by Gasteiger charge is 2.03. The molecule has 3 heteroatoms. The van der Waals surface area contributed by atoms with Crippen LogP contribution in [0.2, 0.25) is 0 Å². The number of halogens is 1. The molecule has 0 spiro atoms. The van der Waals surface area contributed by atoms with Crippen LogP contribution in [-0.4, -0.2) is 11.1 Å². The van der Waals surface area contributed by atoms with Crippen LogP contribution < -0.4 is 0 Å². The SMILES string of the molecule is O=C(CCBr)c1cccs1. The van der Waals surface area contributed by atoms with Crippen LogP contribution in [0.3, 0.4) is 0 Å². The van der Waals surface area contributed by atoms with Crippen molar-refractivity contribution in [2.24, 2.45) is 0 Å². The highest BCUT2D eigenvalue weighted by atomic mass is 79.9. The molecule has 1 nitrogen and oxygen atoms in total. The van der Waals surface area contributed by atoms with Crippen molar-refractivity contribution in [3.8, 4) is 0 Å². The Bertz CT molecular complexity index is 205.